The Labute approximate surface area is 98.6 Å². The molecular weight excluding hydrogens is 220 g/mol. The fraction of sp³-hybridized carbons (Fsp3) is 0.333. The Hall–Kier alpha value is -2.04. The summed E-state index contributed by atoms with van der Waals surface area (Å²) in [5, 5.41) is 4.12. The summed E-state index contributed by atoms with van der Waals surface area (Å²) >= 11 is 0. The first-order chi connectivity index (χ1) is 8.24. The van der Waals surface area contributed by atoms with Crippen molar-refractivity contribution >= 4 is 0 Å². The number of benzene rings is 1. The topological polar surface area (TPSA) is 57.3 Å². The molecule has 2 aromatic rings. The smallest absolute Gasteiger partial charge is 0.437 e. The number of methoxy groups -OCH3 is 1. The van der Waals surface area contributed by atoms with Gasteiger partial charge in [-0.25, -0.2) is 4.79 Å². The third-order valence-electron chi connectivity index (χ3n) is 2.38. The Morgan fingerprint density at radius 1 is 1.35 bits per heavy atom. The highest BCUT2D eigenvalue weighted by atomic mass is 16.5. The highest BCUT2D eigenvalue weighted by molar-refractivity contribution is 5.53. The molecule has 17 heavy (non-hydrogen) atoms. The molecule has 90 valence electrons. The summed E-state index contributed by atoms with van der Waals surface area (Å²) in [5.74, 6) is 0.674. The maximum absolute atomic E-state index is 11.4. The lowest BCUT2D eigenvalue weighted by atomic mass is 10.2. The van der Waals surface area contributed by atoms with Crippen molar-refractivity contribution in [1.82, 2.24) is 9.78 Å². The third-order valence-corrected chi connectivity index (χ3v) is 2.38. The van der Waals surface area contributed by atoms with Gasteiger partial charge in [0.2, 0.25) is 5.89 Å². The van der Waals surface area contributed by atoms with E-state index < -0.39 is 5.76 Å². The molecule has 0 fully saturated rings. The number of ether oxygens (including phenoxy) is 1. The average molecular weight is 234 g/mol. The first-order valence-electron chi connectivity index (χ1n) is 5.47. The van der Waals surface area contributed by atoms with Crippen LogP contribution in [0.5, 0.6) is 5.75 Å². The molecule has 0 spiro atoms. The summed E-state index contributed by atoms with van der Waals surface area (Å²) in [7, 11) is 1.60. The molecule has 2 rings (SSSR count). The number of nitrogens with zero attached hydrogens (tertiary/aromatic N) is 2. The number of rotatable bonds is 4. The van der Waals surface area contributed by atoms with Gasteiger partial charge in [0.25, 0.3) is 0 Å². The number of aromatic nitrogens is 2. The van der Waals surface area contributed by atoms with Gasteiger partial charge in [0, 0.05) is 12.1 Å². The Kier molecular flexibility index (Phi) is 3.27. The van der Waals surface area contributed by atoms with E-state index in [1.807, 2.05) is 6.92 Å². The summed E-state index contributed by atoms with van der Waals surface area (Å²) in [4.78, 5) is 11.4. The van der Waals surface area contributed by atoms with Crippen LogP contribution in [0.2, 0.25) is 0 Å². The molecule has 0 unspecified atom stereocenters. The van der Waals surface area contributed by atoms with Gasteiger partial charge in [-0.05, 0) is 30.7 Å². The lowest BCUT2D eigenvalue weighted by Gasteiger charge is -1.99. The van der Waals surface area contributed by atoms with Crippen molar-refractivity contribution in [3.63, 3.8) is 0 Å². The van der Waals surface area contributed by atoms with Gasteiger partial charge in [0.1, 0.15) is 5.75 Å². The predicted octanol–water partition coefficient (Wildman–Crippen LogP) is 1.92. The van der Waals surface area contributed by atoms with E-state index in [-0.39, 0.29) is 0 Å². The molecule has 0 bridgehead atoms. The summed E-state index contributed by atoms with van der Waals surface area (Å²) < 4.78 is 11.5. The van der Waals surface area contributed by atoms with Gasteiger partial charge < -0.3 is 9.15 Å². The van der Waals surface area contributed by atoms with Crippen LogP contribution in [-0.2, 0) is 6.54 Å². The van der Waals surface area contributed by atoms with Crippen LogP contribution in [0.4, 0.5) is 0 Å². The van der Waals surface area contributed by atoms with Gasteiger partial charge in [0.15, 0.2) is 0 Å². The highest BCUT2D eigenvalue weighted by Gasteiger charge is 2.09. The molecule has 5 heteroatoms. The molecule has 1 heterocycles. The fourth-order valence-electron chi connectivity index (χ4n) is 1.51. The van der Waals surface area contributed by atoms with Gasteiger partial charge in [-0.2, -0.15) is 4.68 Å². The standard InChI is InChI=1S/C12H14N2O3/c1-3-8-14-12(15)17-11(13-14)9-4-6-10(16-2)7-5-9/h4-7H,3,8H2,1-2H3. The minimum absolute atomic E-state index is 0.339. The normalized spacial score (nSPS) is 10.5. The van der Waals surface area contributed by atoms with E-state index >= 15 is 0 Å². The molecule has 0 saturated heterocycles. The van der Waals surface area contributed by atoms with Crippen molar-refractivity contribution < 1.29 is 9.15 Å². The molecule has 0 saturated carbocycles. The van der Waals surface area contributed by atoms with Crippen molar-refractivity contribution in [2.45, 2.75) is 19.9 Å². The second kappa shape index (κ2) is 4.86. The van der Waals surface area contributed by atoms with Crippen LogP contribution in [0.3, 0.4) is 0 Å². The molecule has 0 atom stereocenters. The van der Waals surface area contributed by atoms with Crippen molar-refractivity contribution in [3.05, 3.63) is 34.8 Å². The summed E-state index contributed by atoms with van der Waals surface area (Å²) in [6.45, 7) is 2.55. The Bertz CT molecular complexity index is 540. The molecular formula is C12H14N2O3. The van der Waals surface area contributed by atoms with Crippen molar-refractivity contribution in [2.24, 2.45) is 0 Å². The van der Waals surface area contributed by atoms with Crippen molar-refractivity contribution in [2.75, 3.05) is 7.11 Å². The maximum atomic E-state index is 11.4. The van der Waals surface area contributed by atoms with E-state index in [9.17, 15) is 4.79 Å². The number of aryl methyl sites for hydroxylation is 1. The van der Waals surface area contributed by atoms with Crippen LogP contribution in [0.15, 0.2) is 33.5 Å². The summed E-state index contributed by atoms with van der Waals surface area (Å²) in [6, 6.07) is 7.21. The van der Waals surface area contributed by atoms with Crippen LogP contribution in [0.1, 0.15) is 13.3 Å². The predicted molar refractivity (Wildman–Crippen MR) is 63.0 cm³/mol. The average Bonchev–Trinajstić information content (AvgIpc) is 2.72. The minimum atomic E-state index is -0.419. The summed E-state index contributed by atoms with van der Waals surface area (Å²) in [5.41, 5.74) is 0.762. The molecule has 0 aliphatic carbocycles. The van der Waals surface area contributed by atoms with Gasteiger partial charge in [-0.3, -0.25) is 0 Å². The molecule has 5 nitrogen and oxygen atoms in total. The zero-order valence-electron chi connectivity index (χ0n) is 9.84. The van der Waals surface area contributed by atoms with E-state index in [1.54, 1.807) is 31.4 Å². The van der Waals surface area contributed by atoms with E-state index in [2.05, 4.69) is 5.10 Å². The first-order valence-corrected chi connectivity index (χ1v) is 5.47. The van der Waals surface area contributed by atoms with Crippen LogP contribution in [0.25, 0.3) is 11.5 Å². The molecule has 0 amide bonds. The molecule has 0 aliphatic heterocycles. The van der Waals surface area contributed by atoms with Gasteiger partial charge in [-0.1, -0.05) is 6.92 Å². The van der Waals surface area contributed by atoms with Crippen molar-refractivity contribution in [1.29, 1.82) is 0 Å². The molecule has 1 aromatic carbocycles. The second-order valence-corrected chi connectivity index (χ2v) is 3.62. The lowest BCUT2D eigenvalue weighted by molar-refractivity contribution is 0.415. The Morgan fingerprint density at radius 2 is 2.06 bits per heavy atom. The van der Waals surface area contributed by atoms with Gasteiger partial charge in [0.05, 0.1) is 7.11 Å². The fourth-order valence-corrected chi connectivity index (χ4v) is 1.51. The zero-order valence-corrected chi connectivity index (χ0v) is 9.84. The van der Waals surface area contributed by atoms with Crippen molar-refractivity contribution in [3.8, 4) is 17.2 Å². The van der Waals surface area contributed by atoms with E-state index in [0.717, 1.165) is 17.7 Å². The van der Waals surface area contributed by atoms with Gasteiger partial charge >= 0.3 is 5.76 Å². The second-order valence-electron chi connectivity index (χ2n) is 3.62. The quantitative estimate of drug-likeness (QED) is 0.811. The Balaban J connectivity index is 2.32. The van der Waals surface area contributed by atoms with Gasteiger partial charge in [-0.15, -0.1) is 5.10 Å². The maximum Gasteiger partial charge on any atom is 0.437 e. The van der Waals surface area contributed by atoms with E-state index in [1.165, 1.54) is 4.68 Å². The summed E-state index contributed by atoms with van der Waals surface area (Å²) in [6.07, 6.45) is 0.842. The molecule has 0 radical (unpaired) electrons. The van der Waals surface area contributed by atoms with Crippen LogP contribution in [0, 0.1) is 0 Å². The lowest BCUT2D eigenvalue weighted by Crippen LogP contribution is -2.15. The molecule has 0 N–H and O–H groups in total. The molecule has 0 aliphatic rings. The zero-order chi connectivity index (χ0) is 12.3. The SMILES string of the molecule is CCCn1nc(-c2ccc(OC)cc2)oc1=O. The van der Waals surface area contributed by atoms with E-state index in [4.69, 9.17) is 9.15 Å². The molecule has 1 aromatic heterocycles. The van der Waals surface area contributed by atoms with Crippen LogP contribution >= 0.6 is 0 Å². The third kappa shape index (κ3) is 2.38. The highest BCUT2D eigenvalue weighted by Crippen LogP contribution is 2.19. The Morgan fingerprint density at radius 3 is 2.65 bits per heavy atom. The first kappa shape index (κ1) is 11.4. The van der Waals surface area contributed by atoms with Crippen LogP contribution in [-0.4, -0.2) is 16.9 Å². The number of hydrogen-bond donors (Lipinski definition) is 0. The number of hydrogen-bond acceptors (Lipinski definition) is 4. The monoisotopic (exact) mass is 234 g/mol. The largest absolute Gasteiger partial charge is 0.497 e. The van der Waals surface area contributed by atoms with E-state index in [0.29, 0.717) is 12.4 Å². The minimum Gasteiger partial charge on any atom is -0.497 e. The van der Waals surface area contributed by atoms with Crippen LogP contribution < -0.4 is 10.5 Å².